The Morgan fingerprint density at radius 2 is 0.703 bits per heavy atom. The fourth-order valence-corrected chi connectivity index (χ4v) is 5.80. The Hall–Kier alpha value is -0.130. The Bertz CT molecular complexity index is 507. The maximum atomic E-state index is 11.9. The predicted octanol–water partition coefficient (Wildman–Crippen LogP) is 10.9. The van der Waals surface area contributed by atoms with Crippen LogP contribution in [0.5, 0.6) is 0 Å². The van der Waals surface area contributed by atoms with Crippen LogP contribution in [0.4, 0.5) is 0 Å². The third-order valence-electron chi connectivity index (χ3n) is 7.74. The molecule has 0 bridgehead atoms. The van der Waals surface area contributed by atoms with Gasteiger partial charge in [0.25, 0.3) is 0 Å². The number of hydrogen-bond acceptors (Lipinski definition) is 4. The molecule has 37 heavy (non-hydrogen) atoms. The SMILES string of the molecule is CCCCCCCCC(C)CCCCCCOS(=O)(=O)OCCCCCCC(C)CCCCCCCC. The van der Waals surface area contributed by atoms with E-state index in [-0.39, 0.29) is 13.2 Å². The number of rotatable bonds is 30. The van der Waals surface area contributed by atoms with E-state index < -0.39 is 10.4 Å². The monoisotopic (exact) mass is 546 g/mol. The molecule has 0 aliphatic rings. The second kappa shape index (κ2) is 27.4. The van der Waals surface area contributed by atoms with Crippen LogP contribution in [0, 0.1) is 11.8 Å². The quantitative estimate of drug-likeness (QED) is 0.0841. The summed E-state index contributed by atoms with van der Waals surface area (Å²) in [5, 5.41) is 0. The Morgan fingerprint density at radius 3 is 1.03 bits per heavy atom. The molecule has 0 aromatic carbocycles. The van der Waals surface area contributed by atoms with Crippen LogP contribution in [-0.2, 0) is 18.8 Å². The van der Waals surface area contributed by atoms with E-state index in [0.29, 0.717) is 0 Å². The summed E-state index contributed by atoms with van der Waals surface area (Å²) in [7, 11) is -3.83. The molecule has 2 unspecified atom stereocenters. The van der Waals surface area contributed by atoms with Crippen LogP contribution >= 0.6 is 0 Å². The summed E-state index contributed by atoms with van der Waals surface area (Å²) < 4.78 is 33.9. The molecule has 0 aliphatic carbocycles. The van der Waals surface area contributed by atoms with Gasteiger partial charge in [-0.3, -0.25) is 0 Å². The largest absolute Gasteiger partial charge is 0.399 e. The van der Waals surface area contributed by atoms with Gasteiger partial charge in [-0.1, -0.05) is 169 Å². The Balaban J connectivity index is 3.47. The normalized spacial score (nSPS) is 13.7. The predicted molar refractivity (Wildman–Crippen MR) is 161 cm³/mol. The van der Waals surface area contributed by atoms with E-state index in [2.05, 4.69) is 27.7 Å². The van der Waals surface area contributed by atoms with Gasteiger partial charge in [-0.05, 0) is 24.7 Å². The molecule has 0 aliphatic heterocycles. The first-order valence-electron chi connectivity index (χ1n) is 16.4. The molecule has 5 heteroatoms. The lowest BCUT2D eigenvalue weighted by molar-refractivity contribution is 0.207. The molecular formula is C32H66O4S. The van der Waals surface area contributed by atoms with E-state index in [1.165, 1.54) is 116 Å². The standard InChI is InChI=1S/C32H66O4S/c1-5-7-9-11-13-19-25-31(3)27-21-15-17-23-29-35-37(33,34)36-30-24-18-16-22-28-32(4)26-20-14-12-10-8-6-2/h31-32H,5-30H2,1-4H3. The zero-order valence-electron chi connectivity index (χ0n) is 25.6. The van der Waals surface area contributed by atoms with E-state index in [0.717, 1.165) is 50.4 Å². The summed E-state index contributed by atoms with van der Waals surface area (Å²) in [6.07, 6.45) is 30.2. The zero-order chi connectivity index (χ0) is 27.5. The molecule has 0 amide bonds. The molecule has 0 spiro atoms. The van der Waals surface area contributed by atoms with Crippen molar-refractivity contribution in [3.8, 4) is 0 Å². The third kappa shape index (κ3) is 28.7. The van der Waals surface area contributed by atoms with Crippen LogP contribution in [0.25, 0.3) is 0 Å². The van der Waals surface area contributed by atoms with Gasteiger partial charge < -0.3 is 0 Å². The highest BCUT2D eigenvalue weighted by atomic mass is 32.3. The van der Waals surface area contributed by atoms with Gasteiger partial charge in [0.15, 0.2) is 0 Å². The van der Waals surface area contributed by atoms with Gasteiger partial charge in [0, 0.05) is 0 Å². The van der Waals surface area contributed by atoms with Crippen molar-refractivity contribution in [2.24, 2.45) is 11.8 Å². The molecule has 4 nitrogen and oxygen atoms in total. The first-order chi connectivity index (χ1) is 17.9. The van der Waals surface area contributed by atoms with Gasteiger partial charge in [-0.2, -0.15) is 8.42 Å². The van der Waals surface area contributed by atoms with Crippen LogP contribution in [0.1, 0.15) is 182 Å². The van der Waals surface area contributed by atoms with Crippen molar-refractivity contribution in [2.75, 3.05) is 13.2 Å². The van der Waals surface area contributed by atoms with Crippen molar-refractivity contribution in [1.29, 1.82) is 0 Å². The molecule has 0 saturated heterocycles. The zero-order valence-corrected chi connectivity index (χ0v) is 26.4. The molecule has 0 aromatic rings. The summed E-state index contributed by atoms with van der Waals surface area (Å²) in [6.45, 7) is 9.76. The van der Waals surface area contributed by atoms with Crippen LogP contribution < -0.4 is 0 Å². The highest BCUT2D eigenvalue weighted by molar-refractivity contribution is 7.81. The number of unbranched alkanes of at least 4 members (excludes halogenated alkanes) is 16. The van der Waals surface area contributed by atoms with Crippen LogP contribution in [-0.4, -0.2) is 21.6 Å². The molecule has 0 rings (SSSR count). The molecule has 224 valence electrons. The van der Waals surface area contributed by atoms with Gasteiger partial charge in [0.2, 0.25) is 0 Å². The van der Waals surface area contributed by atoms with Crippen LogP contribution in [0.2, 0.25) is 0 Å². The number of hydrogen-bond donors (Lipinski definition) is 0. The third-order valence-corrected chi connectivity index (χ3v) is 8.65. The maximum absolute atomic E-state index is 11.9. The van der Waals surface area contributed by atoms with Crippen LogP contribution in [0.3, 0.4) is 0 Å². The minimum absolute atomic E-state index is 0.242. The van der Waals surface area contributed by atoms with Crippen molar-refractivity contribution in [3.63, 3.8) is 0 Å². The first-order valence-corrected chi connectivity index (χ1v) is 17.8. The summed E-state index contributed by atoms with van der Waals surface area (Å²) in [5.41, 5.74) is 0. The Morgan fingerprint density at radius 1 is 0.432 bits per heavy atom. The highest BCUT2D eigenvalue weighted by Crippen LogP contribution is 2.19. The summed E-state index contributed by atoms with van der Waals surface area (Å²) in [5.74, 6) is 1.62. The molecule has 0 saturated carbocycles. The summed E-state index contributed by atoms with van der Waals surface area (Å²) in [4.78, 5) is 0. The molecule has 2 atom stereocenters. The molecule has 0 aromatic heterocycles. The molecule has 0 fully saturated rings. The topological polar surface area (TPSA) is 52.6 Å². The van der Waals surface area contributed by atoms with E-state index in [1.54, 1.807) is 0 Å². The Kier molecular flexibility index (Phi) is 27.3. The minimum Gasteiger partial charge on any atom is -0.248 e. The van der Waals surface area contributed by atoms with E-state index in [9.17, 15) is 8.42 Å². The fourth-order valence-electron chi connectivity index (χ4n) is 5.09. The van der Waals surface area contributed by atoms with Crippen LogP contribution in [0.15, 0.2) is 0 Å². The highest BCUT2D eigenvalue weighted by Gasteiger charge is 2.11. The average Bonchev–Trinajstić information content (AvgIpc) is 2.87. The van der Waals surface area contributed by atoms with Crippen molar-refractivity contribution >= 4 is 10.4 Å². The van der Waals surface area contributed by atoms with Crippen molar-refractivity contribution in [3.05, 3.63) is 0 Å². The van der Waals surface area contributed by atoms with E-state index >= 15 is 0 Å². The lowest BCUT2D eigenvalue weighted by Crippen LogP contribution is -2.12. The lowest BCUT2D eigenvalue weighted by Gasteiger charge is -2.11. The van der Waals surface area contributed by atoms with E-state index in [1.807, 2.05) is 0 Å². The molecule has 0 heterocycles. The van der Waals surface area contributed by atoms with Gasteiger partial charge in [0.05, 0.1) is 13.2 Å². The van der Waals surface area contributed by atoms with Gasteiger partial charge in [-0.15, -0.1) is 0 Å². The first kappa shape index (κ1) is 36.9. The summed E-state index contributed by atoms with van der Waals surface area (Å²) >= 11 is 0. The smallest absolute Gasteiger partial charge is 0.248 e. The van der Waals surface area contributed by atoms with Crippen molar-refractivity contribution in [1.82, 2.24) is 0 Å². The van der Waals surface area contributed by atoms with Crippen molar-refractivity contribution < 1.29 is 16.8 Å². The maximum Gasteiger partial charge on any atom is 0.399 e. The molecule has 0 N–H and O–H groups in total. The summed E-state index contributed by atoms with van der Waals surface area (Å²) in [6, 6.07) is 0. The van der Waals surface area contributed by atoms with Gasteiger partial charge >= 0.3 is 10.4 Å². The van der Waals surface area contributed by atoms with Gasteiger partial charge in [0.1, 0.15) is 0 Å². The molecule has 0 radical (unpaired) electrons. The lowest BCUT2D eigenvalue weighted by atomic mass is 9.96. The Labute approximate surface area is 233 Å². The second-order valence-corrected chi connectivity index (χ2v) is 13.1. The van der Waals surface area contributed by atoms with E-state index in [4.69, 9.17) is 8.37 Å². The second-order valence-electron chi connectivity index (χ2n) is 11.8. The molecular weight excluding hydrogens is 480 g/mol. The fraction of sp³-hybridized carbons (Fsp3) is 1.00. The van der Waals surface area contributed by atoms with Gasteiger partial charge in [-0.25, -0.2) is 8.37 Å². The average molecular weight is 547 g/mol. The minimum atomic E-state index is -3.83. The van der Waals surface area contributed by atoms with Crippen molar-refractivity contribution in [2.45, 2.75) is 182 Å².